The van der Waals surface area contributed by atoms with Crippen LogP contribution in [-0.4, -0.2) is 51.5 Å². The molecule has 2 rings (SSSR count). The molecule has 2 heterocycles. The van der Waals surface area contributed by atoms with Crippen molar-refractivity contribution in [1.82, 2.24) is 9.88 Å². The van der Waals surface area contributed by atoms with Gasteiger partial charge >= 0.3 is 0 Å². The maximum atomic E-state index is 11.7. The average Bonchev–Trinajstić information content (AvgIpc) is 2.28. The second-order valence-corrected chi connectivity index (χ2v) is 6.11. The highest BCUT2D eigenvalue weighted by atomic mass is 32.2. The first kappa shape index (κ1) is 13.3. The summed E-state index contributed by atoms with van der Waals surface area (Å²) >= 11 is 0. The first-order valence-corrected chi connectivity index (χ1v) is 7.36. The molecular weight excluding hydrogens is 252 g/mol. The first-order valence-electron chi connectivity index (χ1n) is 5.81. The Hall–Kier alpha value is -1.18. The van der Waals surface area contributed by atoms with Gasteiger partial charge in [0.25, 0.3) is 0 Å². The monoisotopic (exact) mass is 270 g/mol. The number of aromatic nitrogens is 1. The van der Waals surface area contributed by atoms with Crippen molar-refractivity contribution in [2.24, 2.45) is 5.14 Å². The fraction of sp³-hybridized carbons (Fsp3) is 0.545. The molecule has 1 fully saturated rings. The summed E-state index contributed by atoms with van der Waals surface area (Å²) in [7, 11) is -1.70. The number of aryl methyl sites for hydroxylation is 1. The van der Waals surface area contributed by atoms with Gasteiger partial charge in [-0.3, -0.25) is 0 Å². The number of anilines is 1. The number of pyridine rings is 1. The lowest BCUT2D eigenvalue weighted by atomic mass is 10.2. The van der Waals surface area contributed by atoms with Crippen LogP contribution < -0.4 is 10.0 Å². The minimum atomic E-state index is -3.74. The lowest BCUT2D eigenvalue weighted by Gasteiger charge is -2.34. The van der Waals surface area contributed by atoms with Crippen molar-refractivity contribution in [3.8, 4) is 0 Å². The highest BCUT2D eigenvalue weighted by Crippen LogP contribution is 2.25. The van der Waals surface area contributed by atoms with Gasteiger partial charge in [0.2, 0.25) is 10.0 Å². The van der Waals surface area contributed by atoms with Gasteiger partial charge in [-0.1, -0.05) is 0 Å². The predicted octanol–water partition coefficient (Wildman–Crippen LogP) is -0.211. The fourth-order valence-corrected chi connectivity index (χ4v) is 3.08. The molecule has 1 aliphatic rings. The number of hydrogen-bond donors (Lipinski definition) is 1. The van der Waals surface area contributed by atoms with E-state index in [2.05, 4.69) is 9.88 Å². The Labute approximate surface area is 107 Å². The van der Waals surface area contributed by atoms with Crippen molar-refractivity contribution in [3.63, 3.8) is 0 Å². The Kier molecular flexibility index (Phi) is 3.56. The molecule has 1 aromatic heterocycles. The van der Waals surface area contributed by atoms with Gasteiger partial charge in [-0.25, -0.2) is 18.5 Å². The summed E-state index contributed by atoms with van der Waals surface area (Å²) in [4.78, 5) is 8.53. The molecule has 0 saturated carbocycles. The lowest BCUT2D eigenvalue weighted by Crippen LogP contribution is -2.45. The van der Waals surface area contributed by atoms with Gasteiger partial charge in [-0.15, -0.1) is 0 Å². The number of primary sulfonamides is 1. The molecule has 0 spiro atoms. The van der Waals surface area contributed by atoms with E-state index < -0.39 is 10.0 Å². The molecule has 0 aromatic carbocycles. The van der Waals surface area contributed by atoms with E-state index >= 15 is 0 Å². The van der Waals surface area contributed by atoms with Crippen LogP contribution in [0.15, 0.2) is 17.2 Å². The number of hydrogen-bond acceptors (Lipinski definition) is 5. The number of piperazine rings is 1. The smallest absolute Gasteiger partial charge is 0.241 e. The highest BCUT2D eigenvalue weighted by Gasteiger charge is 2.24. The van der Waals surface area contributed by atoms with Crippen molar-refractivity contribution >= 4 is 15.8 Å². The summed E-state index contributed by atoms with van der Waals surface area (Å²) in [5, 5.41) is 5.29. The Morgan fingerprint density at radius 1 is 1.28 bits per heavy atom. The third-order valence-electron chi connectivity index (χ3n) is 3.17. The Morgan fingerprint density at radius 2 is 1.89 bits per heavy atom. The fourth-order valence-electron chi connectivity index (χ4n) is 2.13. The second kappa shape index (κ2) is 4.83. The summed E-state index contributed by atoms with van der Waals surface area (Å²) in [6, 6.07) is 1.67. The van der Waals surface area contributed by atoms with Crippen molar-refractivity contribution in [2.45, 2.75) is 11.8 Å². The van der Waals surface area contributed by atoms with Crippen molar-refractivity contribution in [3.05, 3.63) is 17.8 Å². The molecule has 2 N–H and O–H groups in total. The van der Waals surface area contributed by atoms with Crippen molar-refractivity contribution in [1.29, 1.82) is 0 Å². The van der Waals surface area contributed by atoms with Crippen LogP contribution in [0.5, 0.6) is 0 Å². The number of likely N-dealkylation sites (N-methyl/N-ethyl adjacent to an activating group) is 1. The summed E-state index contributed by atoms with van der Waals surface area (Å²) in [5.41, 5.74) is 0.640. The molecule has 1 saturated heterocycles. The topological polar surface area (TPSA) is 79.5 Å². The van der Waals surface area contributed by atoms with Crippen LogP contribution in [0.3, 0.4) is 0 Å². The minimum absolute atomic E-state index is 0.148. The van der Waals surface area contributed by atoms with Crippen molar-refractivity contribution < 1.29 is 8.42 Å². The van der Waals surface area contributed by atoms with E-state index in [0.29, 0.717) is 11.4 Å². The average molecular weight is 270 g/mol. The zero-order chi connectivity index (χ0) is 13.3. The van der Waals surface area contributed by atoms with Crippen LogP contribution in [0.25, 0.3) is 0 Å². The maximum Gasteiger partial charge on any atom is 0.241 e. The summed E-state index contributed by atoms with van der Waals surface area (Å²) in [5.74, 6) is 0.477. The maximum absolute atomic E-state index is 11.7. The molecule has 0 unspecified atom stereocenters. The lowest BCUT2D eigenvalue weighted by molar-refractivity contribution is 0.311. The molecular formula is C11H18N4O2S. The van der Waals surface area contributed by atoms with Gasteiger partial charge < -0.3 is 9.80 Å². The number of nitrogens with zero attached hydrogens (tertiary/aromatic N) is 3. The molecule has 7 heteroatoms. The van der Waals surface area contributed by atoms with E-state index in [4.69, 9.17) is 5.14 Å². The molecule has 0 radical (unpaired) electrons. The predicted molar refractivity (Wildman–Crippen MR) is 70.1 cm³/mol. The van der Waals surface area contributed by atoms with Crippen LogP contribution in [-0.2, 0) is 10.0 Å². The molecule has 18 heavy (non-hydrogen) atoms. The molecule has 0 amide bonds. The normalized spacial score (nSPS) is 18.1. The second-order valence-electron chi connectivity index (χ2n) is 4.62. The Morgan fingerprint density at radius 3 is 2.44 bits per heavy atom. The largest absolute Gasteiger partial charge is 0.353 e. The minimum Gasteiger partial charge on any atom is -0.353 e. The van der Waals surface area contributed by atoms with Gasteiger partial charge in [-0.2, -0.15) is 0 Å². The van der Waals surface area contributed by atoms with Gasteiger partial charge in [0, 0.05) is 32.4 Å². The first-order chi connectivity index (χ1) is 8.39. The zero-order valence-electron chi connectivity index (χ0n) is 10.6. The summed E-state index contributed by atoms with van der Waals surface area (Å²) in [6.07, 6.45) is 1.62. The van der Waals surface area contributed by atoms with Crippen LogP contribution in [0, 0.1) is 6.92 Å². The van der Waals surface area contributed by atoms with E-state index in [1.807, 2.05) is 11.9 Å². The Balaban J connectivity index is 2.42. The quantitative estimate of drug-likeness (QED) is 0.804. The van der Waals surface area contributed by atoms with E-state index in [1.54, 1.807) is 19.2 Å². The Bertz CT molecular complexity index is 536. The molecule has 1 aliphatic heterocycles. The SMILES string of the molecule is Cc1ccnc(N2CCN(C)CC2)c1S(N)(=O)=O. The van der Waals surface area contributed by atoms with Crippen LogP contribution in [0.2, 0.25) is 0 Å². The van der Waals surface area contributed by atoms with Crippen molar-refractivity contribution in [2.75, 3.05) is 38.1 Å². The molecule has 1 aromatic rings. The van der Waals surface area contributed by atoms with Gasteiger partial charge in [-0.05, 0) is 25.6 Å². The van der Waals surface area contributed by atoms with Gasteiger partial charge in [0.15, 0.2) is 0 Å². The molecule has 0 aliphatic carbocycles. The summed E-state index contributed by atoms with van der Waals surface area (Å²) in [6.45, 7) is 5.03. The van der Waals surface area contributed by atoms with E-state index in [1.165, 1.54) is 0 Å². The molecule has 100 valence electrons. The van der Waals surface area contributed by atoms with Gasteiger partial charge in [0.1, 0.15) is 10.7 Å². The molecule has 6 nitrogen and oxygen atoms in total. The number of nitrogens with two attached hydrogens (primary N) is 1. The van der Waals surface area contributed by atoms with Crippen LogP contribution >= 0.6 is 0 Å². The number of rotatable bonds is 2. The standard InChI is InChI=1S/C11H18N4O2S/c1-9-3-4-13-11(10(9)18(12,16)17)15-7-5-14(2)6-8-15/h3-4H,5-8H2,1-2H3,(H2,12,16,17). The number of sulfonamides is 1. The van der Waals surface area contributed by atoms with E-state index in [9.17, 15) is 8.42 Å². The van der Waals surface area contributed by atoms with E-state index in [0.717, 1.165) is 26.2 Å². The van der Waals surface area contributed by atoms with Crippen LogP contribution in [0.4, 0.5) is 5.82 Å². The molecule has 0 bridgehead atoms. The third-order valence-corrected chi connectivity index (χ3v) is 4.24. The molecule has 0 atom stereocenters. The van der Waals surface area contributed by atoms with Crippen LogP contribution in [0.1, 0.15) is 5.56 Å². The zero-order valence-corrected chi connectivity index (χ0v) is 11.4. The van der Waals surface area contributed by atoms with E-state index in [-0.39, 0.29) is 4.90 Å². The third kappa shape index (κ3) is 2.63. The van der Waals surface area contributed by atoms with Gasteiger partial charge in [0.05, 0.1) is 0 Å². The highest BCUT2D eigenvalue weighted by molar-refractivity contribution is 7.89. The summed E-state index contributed by atoms with van der Waals surface area (Å²) < 4.78 is 23.4.